The highest BCUT2D eigenvalue weighted by molar-refractivity contribution is 6.30. The summed E-state index contributed by atoms with van der Waals surface area (Å²) in [4.78, 5) is 54.0. The molecule has 38 heavy (non-hydrogen) atoms. The lowest BCUT2D eigenvalue weighted by Gasteiger charge is -2.45. The molecule has 2 atom stereocenters. The molecule has 0 aliphatic heterocycles. The number of benzene rings is 3. The predicted octanol–water partition coefficient (Wildman–Crippen LogP) is 5.17. The maximum absolute atomic E-state index is 14.1. The van der Waals surface area contributed by atoms with Crippen LogP contribution in [0, 0.1) is 5.92 Å². The molecule has 0 spiro atoms. The van der Waals surface area contributed by atoms with E-state index < -0.39 is 29.1 Å². The second-order valence-electron chi connectivity index (χ2n) is 9.37. The molecule has 188 valence electrons. The van der Waals surface area contributed by atoms with Crippen LogP contribution in [0.15, 0.2) is 96.1 Å². The maximum atomic E-state index is 14.1. The van der Waals surface area contributed by atoms with Gasteiger partial charge in [-0.15, -0.1) is 0 Å². The summed E-state index contributed by atoms with van der Waals surface area (Å²) in [6.07, 6.45) is 4.89. The van der Waals surface area contributed by atoms with Crippen molar-refractivity contribution >= 4 is 23.5 Å². The molecule has 0 N–H and O–H groups in total. The molecule has 4 aliphatic carbocycles. The van der Waals surface area contributed by atoms with Gasteiger partial charge < -0.3 is 14.2 Å². The monoisotopic (exact) mass is 506 g/mol. The molecule has 3 aromatic rings. The van der Waals surface area contributed by atoms with Gasteiger partial charge in [-0.05, 0) is 49.2 Å². The van der Waals surface area contributed by atoms with E-state index in [2.05, 4.69) is 0 Å². The zero-order valence-corrected chi connectivity index (χ0v) is 20.4. The van der Waals surface area contributed by atoms with Crippen LogP contribution < -0.4 is 9.47 Å². The third-order valence-corrected chi connectivity index (χ3v) is 7.33. The first-order valence-corrected chi connectivity index (χ1v) is 12.2. The number of fused-ring (bicyclic) bond motifs is 2. The van der Waals surface area contributed by atoms with Crippen LogP contribution in [-0.4, -0.2) is 36.2 Å². The van der Waals surface area contributed by atoms with Crippen LogP contribution in [-0.2, 0) is 4.74 Å². The van der Waals surface area contributed by atoms with Gasteiger partial charge >= 0.3 is 11.9 Å². The minimum Gasteiger partial charge on any atom is -0.422 e. The molecule has 0 saturated heterocycles. The summed E-state index contributed by atoms with van der Waals surface area (Å²) in [5.41, 5.74) is -0.109. The number of allylic oxidation sites excluding steroid dienone is 2. The van der Waals surface area contributed by atoms with Gasteiger partial charge in [0.05, 0.1) is 22.3 Å². The highest BCUT2D eigenvalue weighted by Crippen LogP contribution is 2.52. The van der Waals surface area contributed by atoms with Crippen molar-refractivity contribution in [3.63, 3.8) is 0 Å². The number of carbonyl (C=O) groups excluding carboxylic acids is 4. The lowest BCUT2D eigenvalue weighted by Crippen LogP contribution is -2.47. The molecule has 0 unspecified atom stereocenters. The Balaban J connectivity index is 1.49. The second kappa shape index (κ2) is 9.04. The molecule has 3 aromatic carbocycles. The molecule has 7 nitrogen and oxygen atoms in total. The molecule has 0 aromatic heterocycles. The zero-order chi connectivity index (χ0) is 26.4. The van der Waals surface area contributed by atoms with E-state index in [9.17, 15) is 19.2 Å². The second-order valence-corrected chi connectivity index (χ2v) is 9.37. The highest BCUT2D eigenvalue weighted by atomic mass is 16.5. The number of methoxy groups -OCH3 is 1. The highest BCUT2D eigenvalue weighted by Gasteiger charge is 2.52. The zero-order valence-electron chi connectivity index (χ0n) is 20.4. The Bertz CT molecular complexity index is 1570. The molecule has 0 saturated carbocycles. The number of carbonyl (C=O) groups is 4. The molecule has 0 amide bonds. The molecular weight excluding hydrogens is 484 g/mol. The van der Waals surface area contributed by atoms with Gasteiger partial charge in [-0.25, -0.2) is 9.59 Å². The fourth-order valence-electron chi connectivity index (χ4n) is 5.46. The van der Waals surface area contributed by atoms with Crippen molar-refractivity contribution in [2.75, 3.05) is 7.11 Å². The van der Waals surface area contributed by atoms with Crippen molar-refractivity contribution in [3.05, 3.63) is 118 Å². The van der Waals surface area contributed by atoms with Gasteiger partial charge in [0, 0.05) is 24.2 Å². The van der Waals surface area contributed by atoms with Crippen molar-refractivity contribution in [3.8, 4) is 11.5 Å². The third-order valence-electron chi connectivity index (χ3n) is 7.33. The average molecular weight is 507 g/mol. The summed E-state index contributed by atoms with van der Waals surface area (Å²) in [6, 6.07) is 19.4. The SMILES string of the molecule is CO[C@]12C=C[C@H](CC1)C1=C2C(=O)c2c(OC(=O)c3ccccc3)ccc(OC(=O)c3ccccc3)c2C1=O. The molecule has 2 bridgehead atoms. The standard InChI is InChI=1S/C31H22O7/c1-36-31-16-14-18(15-17-31)23-26(31)28(33)25-22(38-30(35)20-10-6-3-7-11-20)13-12-21(24(25)27(23)32)37-29(34)19-8-4-2-5-9-19/h2-14,16,18H,15,17H2,1H3/t18-,31-/m1/s1. The number of hydrogen-bond acceptors (Lipinski definition) is 7. The molecule has 0 fully saturated rings. The third kappa shape index (κ3) is 3.63. The van der Waals surface area contributed by atoms with Crippen LogP contribution in [0.4, 0.5) is 0 Å². The summed E-state index contributed by atoms with van der Waals surface area (Å²) in [7, 11) is 1.50. The summed E-state index contributed by atoms with van der Waals surface area (Å²) in [5.74, 6) is -2.73. The van der Waals surface area contributed by atoms with Gasteiger partial charge in [0.15, 0.2) is 11.6 Å². The molecule has 4 aliphatic rings. The lowest BCUT2D eigenvalue weighted by atomic mass is 9.62. The normalized spacial score (nSPS) is 21.1. The van der Waals surface area contributed by atoms with Crippen molar-refractivity contribution in [2.45, 2.75) is 18.4 Å². The molecular formula is C31H22O7. The fourth-order valence-corrected chi connectivity index (χ4v) is 5.46. The van der Waals surface area contributed by atoms with Crippen LogP contribution in [0.3, 0.4) is 0 Å². The number of rotatable bonds is 5. The topological polar surface area (TPSA) is 96.0 Å². The van der Waals surface area contributed by atoms with Crippen LogP contribution in [0.2, 0.25) is 0 Å². The summed E-state index contributed by atoms with van der Waals surface area (Å²) in [5, 5.41) is 0. The molecule has 0 radical (unpaired) electrons. The smallest absolute Gasteiger partial charge is 0.343 e. The van der Waals surface area contributed by atoms with Crippen molar-refractivity contribution < 1.29 is 33.4 Å². The summed E-state index contributed by atoms with van der Waals surface area (Å²) in [6.45, 7) is 0. The minimum atomic E-state index is -1.05. The van der Waals surface area contributed by atoms with E-state index in [1.165, 1.54) is 19.2 Å². The van der Waals surface area contributed by atoms with E-state index in [0.717, 1.165) is 0 Å². The Labute approximate surface area is 218 Å². The van der Waals surface area contributed by atoms with E-state index in [-0.39, 0.29) is 45.2 Å². The fraction of sp³-hybridized carbons (Fsp3) is 0.161. The van der Waals surface area contributed by atoms with E-state index in [0.29, 0.717) is 18.4 Å². The minimum absolute atomic E-state index is 0.0739. The first kappa shape index (κ1) is 23.8. The van der Waals surface area contributed by atoms with Crippen molar-refractivity contribution in [1.82, 2.24) is 0 Å². The quantitative estimate of drug-likeness (QED) is 0.268. The van der Waals surface area contributed by atoms with E-state index in [1.54, 1.807) is 60.7 Å². The number of ketones is 2. The van der Waals surface area contributed by atoms with Gasteiger partial charge in [0.1, 0.15) is 17.1 Å². The predicted molar refractivity (Wildman–Crippen MR) is 137 cm³/mol. The Morgan fingerprint density at radius 2 is 1.29 bits per heavy atom. The molecule has 7 rings (SSSR count). The van der Waals surface area contributed by atoms with Gasteiger partial charge in [-0.1, -0.05) is 48.6 Å². The van der Waals surface area contributed by atoms with Crippen molar-refractivity contribution in [2.24, 2.45) is 5.92 Å². The van der Waals surface area contributed by atoms with E-state index >= 15 is 0 Å². The number of hydrogen-bond donors (Lipinski definition) is 0. The van der Waals surface area contributed by atoms with Gasteiger partial charge in [0.25, 0.3) is 0 Å². The number of ether oxygens (including phenoxy) is 3. The summed E-state index contributed by atoms with van der Waals surface area (Å²) >= 11 is 0. The molecule has 0 heterocycles. The maximum Gasteiger partial charge on any atom is 0.343 e. The van der Waals surface area contributed by atoms with Gasteiger partial charge in [0.2, 0.25) is 0 Å². The van der Waals surface area contributed by atoms with Gasteiger partial charge in [-0.3, -0.25) is 9.59 Å². The molecule has 7 heteroatoms. The Kier molecular flexibility index (Phi) is 5.65. The van der Waals surface area contributed by atoms with E-state index in [4.69, 9.17) is 14.2 Å². The van der Waals surface area contributed by atoms with Crippen LogP contribution in [0.25, 0.3) is 0 Å². The van der Waals surface area contributed by atoms with Crippen LogP contribution in [0.1, 0.15) is 54.3 Å². The van der Waals surface area contributed by atoms with Crippen molar-refractivity contribution in [1.29, 1.82) is 0 Å². The Morgan fingerprint density at radius 1 is 0.763 bits per heavy atom. The number of Topliss-reactive ketones (excluding diaryl/α,β-unsaturated/α-hetero) is 2. The first-order chi connectivity index (χ1) is 18.4. The van der Waals surface area contributed by atoms with E-state index in [1.807, 2.05) is 12.2 Å². The Hall–Kier alpha value is -4.62. The van der Waals surface area contributed by atoms with Gasteiger partial charge in [-0.2, -0.15) is 0 Å². The van der Waals surface area contributed by atoms with Crippen LogP contribution in [0.5, 0.6) is 11.5 Å². The summed E-state index contributed by atoms with van der Waals surface area (Å²) < 4.78 is 17.1. The largest absolute Gasteiger partial charge is 0.422 e. The lowest BCUT2D eigenvalue weighted by molar-refractivity contribution is 0.0341. The average Bonchev–Trinajstić information content (AvgIpc) is 2.97. The number of esters is 2. The van der Waals surface area contributed by atoms with Crippen LogP contribution >= 0.6 is 0 Å². The first-order valence-electron chi connectivity index (χ1n) is 12.2. The Morgan fingerprint density at radius 3 is 1.76 bits per heavy atom.